The zero-order valence-corrected chi connectivity index (χ0v) is 12.5. The maximum atomic E-state index is 12.2. The van der Waals surface area contributed by atoms with Crippen LogP contribution in [0.4, 0.5) is 11.6 Å². The lowest BCUT2D eigenvalue weighted by molar-refractivity contribution is -0.384. The van der Waals surface area contributed by atoms with E-state index in [4.69, 9.17) is 16.1 Å². The second-order valence-corrected chi connectivity index (χ2v) is 6.29. The third-order valence-electron chi connectivity index (χ3n) is 2.81. The fourth-order valence-corrected chi connectivity index (χ4v) is 2.74. The van der Waals surface area contributed by atoms with Crippen LogP contribution >= 0.6 is 11.6 Å². The first kappa shape index (κ1) is 15.3. The van der Waals surface area contributed by atoms with Gasteiger partial charge in [0.1, 0.15) is 5.02 Å². The minimum absolute atomic E-state index is 0.0369. The number of hydrogen-bond acceptors (Lipinski definition) is 6. The SMILES string of the molecule is Cc1noc(NS(=O)(=O)c2ccc(Cl)c([N+](=O)[O-])c2)c1C. The first-order valence-electron chi connectivity index (χ1n) is 5.62. The lowest BCUT2D eigenvalue weighted by Crippen LogP contribution is -2.13. The van der Waals surface area contributed by atoms with Crippen molar-refractivity contribution in [1.82, 2.24) is 5.16 Å². The summed E-state index contributed by atoms with van der Waals surface area (Å²) < 4.78 is 31.4. The Morgan fingerprint density at radius 3 is 2.57 bits per heavy atom. The summed E-state index contributed by atoms with van der Waals surface area (Å²) in [5.74, 6) is -0.0369. The zero-order valence-electron chi connectivity index (χ0n) is 11.0. The van der Waals surface area contributed by atoms with E-state index in [9.17, 15) is 18.5 Å². The van der Waals surface area contributed by atoms with Gasteiger partial charge in [0, 0.05) is 11.6 Å². The molecule has 10 heteroatoms. The van der Waals surface area contributed by atoms with Gasteiger partial charge in [-0.1, -0.05) is 16.8 Å². The molecule has 1 heterocycles. The van der Waals surface area contributed by atoms with Crippen molar-refractivity contribution in [3.05, 3.63) is 44.6 Å². The molecule has 0 bridgehead atoms. The minimum atomic E-state index is -4.04. The summed E-state index contributed by atoms with van der Waals surface area (Å²) in [6, 6.07) is 3.19. The van der Waals surface area contributed by atoms with E-state index < -0.39 is 20.6 Å². The number of sulfonamides is 1. The number of aryl methyl sites for hydroxylation is 1. The Morgan fingerprint density at radius 2 is 2.05 bits per heavy atom. The molecule has 0 atom stereocenters. The highest BCUT2D eigenvalue weighted by molar-refractivity contribution is 7.92. The quantitative estimate of drug-likeness (QED) is 0.680. The Hall–Kier alpha value is -2.13. The van der Waals surface area contributed by atoms with Gasteiger partial charge in [0.05, 0.1) is 15.5 Å². The summed E-state index contributed by atoms with van der Waals surface area (Å²) in [4.78, 5) is 9.74. The van der Waals surface area contributed by atoms with Crippen molar-refractivity contribution in [3.63, 3.8) is 0 Å². The van der Waals surface area contributed by atoms with E-state index in [2.05, 4.69) is 9.88 Å². The molecular formula is C11H10ClN3O5S. The number of anilines is 1. The van der Waals surface area contributed by atoms with Crippen LogP contribution in [0.5, 0.6) is 0 Å². The Kier molecular flexibility index (Phi) is 3.88. The van der Waals surface area contributed by atoms with Gasteiger partial charge in [0.25, 0.3) is 15.7 Å². The first-order valence-corrected chi connectivity index (χ1v) is 7.48. The van der Waals surface area contributed by atoms with Gasteiger partial charge in [-0.3, -0.25) is 10.1 Å². The average molecular weight is 332 g/mol. The maximum Gasteiger partial charge on any atom is 0.289 e. The van der Waals surface area contributed by atoms with Crippen LogP contribution in [0.2, 0.25) is 5.02 Å². The predicted molar refractivity (Wildman–Crippen MR) is 74.9 cm³/mol. The molecule has 0 aliphatic heterocycles. The highest BCUT2D eigenvalue weighted by Crippen LogP contribution is 2.28. The Morgan fingerprint density at radius 1 is 1.38 bits per heavy atom. The van der Waals surface area contributed by atoms with Crippen LogP contribution in [0.3, 0.4) is 0 Å². The Balaban J connectivity index is 2.43. The van der Waals surface area contributed by atoms with Gasteiger partial charge < -0.3 is 4.52 Å². The highest BCUT2D eigenvalue weighted by Gasteiger charge is 2.23. The number of benzene rings is 1. The molecular weight excluding hydrogens is 322 g/mol. The van der Waals surface area contributed by atoms with Crippen LogP contribution in [-0.2, 0) is 10.0 Å². The standard InChI is InChI=1S/C11H10ClN3O5S/c1-6-7(2)13-20-11(6)14-21(18,19)8-3-4-9(12)10(5-8)15(16)17/h3-5,14H,1-2H3. The van der Waals surface area contributed by atoms with Crippen molar-refractivity contribution >= 4 is 33.2 Å². The van der Waals surface area contributed by atoms with Crippen molar-refractivity contribution in [2.75, 3.05) is 4.72 Å². The van der Waals surface area contributed by atoms with Crippen molar-refractivity contribution in [2.24, 2.45) is 0 Å². The molecule has 112 valence electrons. The lowest BCUT2D eigenvalue weighted by atomic mass is 10.3. The van der Waals surface area contributed by atoms with E-state index in [0.29, 0.717) is 11.3 Å². The molecule has 2 rings (SSSR count). The van der Waals surface area contributed by atoms with Crippen LogP contribution in [0.25, 0.3) is 0 Å². The average Bonchev–Trinajstić information content (AvgIpc) is 2.70. The molecule has 8 nitrogen and oxygen atoms in total. The molecule has 0 aliphatic carbocycles. The monoisotopic (exact) mass is 331 g/mol. The van der Waals surface area contributed by atoms with Crippen molar-refractivity contribution in [3.8, 4) is 0 Å². The fourth-order valence-electron chi connectivity index (χ4n) is 1.49. The van der Waals surface area contributed by atoms with Crippen LogP contribution in [0, 0.1) is 24.0 Å². The largest absolute Gasteiger partial charge is 0.337 e. The second-order valence-electron chi connectivity index (χ2n) is 4.20. The Bertz CT molecular complexity index is 815. The normalized spacial score (nSPS) is 11.4. The van der Waals surface area contributed by atoms with E-state index in [0.717, 1.165) is 18.2 Å². The number of nitrogens with zero attached hydrogens (tertiary/aromatic N) is 2. The van der Waals surface area contributed by atoms with E-state index in [1.54, 1.807) is 13.8 Å². The molecule has 0 aliphatic rings. The molecule has 0 saturated heterocycles. The summed E-state index contributed by atoms with van der Waals surface area (Å²) in [6.07, 6.45) is 0. The third-order valence-corrected chi connectivity index (χ3v) is 4.46. The van der Waals surface area contributed by atoms with E-state index in [1.165, 1.54) is 0 Å². The molecule has 0 amide bonds. The summed E-state index contributed by atoms with van der Waals surface area (Å²) in [5.41, 5.74) is 0.571. The molecule has 2 aromatic rings. The van der Waals surface area contributed by atoms with Crippen molar-refractivity contribution in [2.45, 2.75) is 18.7 Å². The van der Waals surface area contributed by atoms with Gasteiger partial charge in [-0.05, 0) is 26.0 Å². The Labute approximate surface area is 124 Å². The van der Waals surface area contributed by atoms with Gasteiger partial charge in [0.15, 0.2) is 0 Å². The summed E-state index contributed by atoms with van der Waals surface area (Å²) >= 11 is 5.64. The van der Waals surface area contributed by atoms with Gasteiger partial charge in [-0.2, -0.15) is 0 Å². The molecule has 1 aromatic heterocycles. The summed E-state index contributed by atoms with van der Waals surface area (Å²) in [5, 5.41) is 14.3. The minimum Gasteiger partial charge on any atom is -0.337 e. The smallest absolute Gasteiger partial charge is 0.289 e. The number of hydrogen-bond donors (Lipinski definition) is 1. The third kappa shape index (κ3) is 2.98. The van der Waals surface area contributed by atoms with Gasteiger partial charge in [-0.25, -0.2) is 13.1 Å². The molecule has 0 radical (unpaired) electrons. The number of aromatic nitrogens is 1. The fraction of sp³-hybridized carbons (Fsp3) is 0.182. The number of nitrogens with one attached hydrogen (secondary N) is 1. The molecule has 0 saturated carbocycles. The second kappa shape index (κ2) is 5.34. The molecule has 21 heavy (non-hydrogen) atoms. The zero-order chi connectivity index (χ0) is 15.8. The number of rotatable bonds is 4. The molecule has 1 N–H and O–H groups in total. The summed E-state index contributed by atoms with van der Waals surface area (Å²) in [6.45, 7) is 3.29. The predicted octanol–water partition coefficient (Wildman–Crippen LogP) is 2.65. The van der Waals surface area contributed by atoms with Crippen LogP contribution < -0.4 is 4.72 Å². The van der Waals surface area contributed by atoms with Crippen molar-refractivity contribution < 1.29 is 17.9 Å². The summed E-state index contributed by atoms with van der Waals surface area (Å²) in [7, 11) is -4.04. The molecule has 0 spiro atoms. The lowest BCUT2D eigenvalue weighted by Gasteiger charge is -2.06. The van der Waals surface area contributed by atoms with E-state index in [-0.39, 0.29) is 15.8 Å². The van der Waals surface area contributed by atoms with Gasteiger partial charge in [0.2, 0.25) is 5.88 Å². The van der Waals surface area contributed by atoms with E-state index in [1.807, 2.05) is 0 Å². The van der Waals surface area contributed by atoms with Gasteiger partial charge >= 0.3 is 0 Å². The van der Waals surface area contributed by atoms with Crippen LogP contribution in [0.1, 0.15) is 11.3 Å². The number of nitro benzene ring substituents is 1. The molecule has 0 fully saturated rings. The number of nitro groups is 1. The van der Waals surface area contributed by atoms with Crippen molar-refractivity contribution in [1.29, 1.82) is 0 Å². The van der Waals surface area contributed by atoms with Crippen LogP contribution in [-0.4, -0.2) is 18.5 Å². The van der Waals surface area contributed by atoms with Crippen LogP contribution in [0.15, 0.2) is 27.6 Å². The van der Waals surface area contributed by atoms with E-state index >= 15 is 0 Å². The van der Waals surface area contributed by atoms with Gasteiger partial charge in [-0.15, -0.1) is 0 Å². The number of halogens is 1. The highest BCUT2D eigenvalue weighted by atomic mass is 35.5. The maximum absolute atomic E-state index is 12.2. The topological polar surface area (TPSA) is 115 Å². The molecule has 1 aromatic carbocycles. The first-order chi connectivity index (χ1) is 9.72. The molecule has 0 unspecified atom stereocenters.